The highest BCUT2D eigenvalue weighted by Gasteiger charge is 2.64. The molecule has 3 aromatic rings. The first-order chi connectivity index (χ1) is 19.8. The summed E-state index contributed by atoms with van der Waals surface area (Å²) in [5.74, 6) is -2.67. The summed E-state index contributed by atoms with van der Waals surface area (Å²) in [6.45, 7) is -0.639. The maximum absolute atomic E-state index is 13.6. The van der Waals surface area contributed by atoms with Crippen molar-refractivity contribution in [1.82, 2.24) is 10.9 Å². The van der Waals surface area contributed by atoms with Crippen molar-refractivity contribution in [3.8, 4) is 0 Å². The number of carbonyl (C=O) groups is 5. The third-order valence-electron chi connectivity index (χ3n) is 8.34. The van der Waals surface area contributed by atoms with Gasteiger partial charge in [-0.1, -0.05) is 52.3 Å². The van der Waals surface area contributed by atoms with E-state index in [0.717, 1.165) is 17.3 Å². The minimum Gasteiger partial charge on any atom is -0.452 e. The van der Waals surface area contributed by atoms with Gasteiger partial charge in [0.05, 0.1) is 23.1 Å². The molecule has 2 saturated carbocycles. The van der Waals surface area contributed by atoms with Crippen molar-refractivity contribution in [3.63, 3.8) is 0 Å². The summed E-state index contributed by atoms with van der Waals surface area (Å²) in [6.07, 6.45) is 1.76. The number of amides is 4. The zero-order valence-electron chi connectivity index (χ0n) is 21.8. The fraction of sp³-hybridized carbons (Fsp3) is 0.258. The number of nitrogens with one attached hydrogen (secondary N) is 2. The monoisotopic (exact) mass is 615 g/mol. The van der Waals surface area contributed by atoms with Gasteiger partial charge in [0, 0.05) is 10.0 Å². The zero-order valence-corrected chi connectivity index (χ0v) is 23.4. The van der Waals surface area contributed by atoms with Gasteiger partial charge in [-0.2, -0.15) is 0 Å². The van der Waals surface area contributed by atoms with Gasteiger partial charge < -0.3 is 4.74 Å². The smallest absolute Gasteiger partial charge is 0.338 e. The van der Waals surface area contributed by atoms with Gasteiger partial charge >= 0.3 is 5.97 Å². The molecular weight excluding hydrogens is 590 g/mol. The van der Waals surface area contributed by atoms with Crippen LogP contribution in [0.3, 0.4) is 0 Å². The molecule has 6 rings (SSSR count). The number of carbonyl (C=O) groups excluding carboxylic acids is 5. The van der Waals surface area contributed by atoms with E-state index in [4.69, 9.17) is 4.74 Å². The first-order valence-electron chi connectivity index (χ1n) is 13.4. The quantitative estimate of drug-likeness (QED) is 0.246. The molecule has 1 heterocycles. The predicted octanol–water partition coefficient (Wildman–Crippen LogP) is 4.00. The van der Waals surface area contributed by atoms with Gasteiger partial charge in [0.1, 0.15) is 0 Å². The van der Waals surface area contributed by atoms with Crippen LogP contribution in [-0.4, -0.2) is 36.2 Å². The molecule has 0 spiro atoms. The molecule has 1 aliphatic heterocycles. The molecule has 9 nitrogen and oxygen atoms in total. The predicted molar refractivity (Wildman–Crippen MR) is 151 cm³/mol. The molecule has 3 aliphatic rings. The highest BCUT2D eigenvalue weighted by Crippen LogP contribution is 2.61. The summed E-state index contributed by atoms with van der Waals surface area (Å²) in [6, 6.07) is 22.8. The zero-order chi connectivity index (χ0) is 28.7. The first-order valence-corrected chi connectivity index (χ1v) is 14.2. The third kappa shape index (κ3) is 5.04. The Morgan fingerprint density at radius 3 is 2.32 bits per heavy atom. The summed E-state index contributed by atoms with van der Waals surface area (Å²) < 4.78 is 5.90. The van der Waals surface area contributed by atoms with Crippen LogP contribution in [-0.2, 0) is 19.1 Å². The van der Waals surface area contributed by atoms with Gasteiger partial charge in [-0.15, -0.1) is 0 Å². The molecule has 0 aromatic heterocycles. The van der Waals surface area contributed by atoms with Gasteiger partial charge in [0.15, 0.2) is 6.61 Å². The molecule has 10 heteroatoms. The van der Waals surface area contributed by atoms with E-state index in [-0.39, 0.29) is 47.0 Å². The summed E-state index contributed by atoms with van der Waals surface area (Å²) in [7, 11) is 0. The van der Waals surface area contributed by atoms with Crippen molar-refractivity contribution in [2.45, 2.75) is 18.8 Å². The fourth-order valence-corrected chi connectivity index (χ4v) is 6.88. The molecule has 4 amide bonds. The third-order valence-corrected chi connectivity index (χ3v) is 8.87. The number of hydrogen-bond acceptors (Lipinski definition) is 6. The van der Waals surface area contributed by atoms with Crippen LogP contribution in [0.1, 0.15) is 45.0 Å². The summed E-state index contributed by atoms with van der Waals surface area (Å²) in [5, 5.41) is 0. The number of fused-ring (bicyclic) bond motifs is 5. The van der Waals surface area contributed by atoms with Gasteiger partial charge in [-0.05, 0) is 78.6 Å². The lowest BCUT2D eigenvalue weighted by atomic mass is 9.73. The van der Waals surface area contributed by atoms with Crippen molar-refractivity contribution in [2.24, 2.45) is 23.7 Å². The Morgan fingerprint density at radius 2 is 1.56 bits per heavy atom. The van der Waals surface area contributed by atoms with Crippen LogP contribution >= 0.6 is 15.9 Å². The number of nitrogens with zero attached hydrogens (tertiary/aromatic N) is 1. The van der Waals surface area contributed by atoms with Crippen molar-refractivity contribution < 1.29 is 28.7 Å². The topological polar surface area (TPSA) is 122 Å². The molecule has 5 atom stereocenters. The van der Waals surface area contributed by atoms with Crippen LogP contribution in [0.4, 0.5) is 5.69 Å². The van der Waals surface area contributed by atoms with E-state index in [0.29, 0.717) is 11.3 Å². The minimum atomic E-state index is -0.801. The molecule has 2 bridgehead atoms. The Balaban J connectivity index is 1.08. The Kier molecular flexibility index (Phi) is 7.17. The second kappa shape index (κ2) is 10.9. The number of rotatable bonds is 6. The standard InChI is InChI=1S/C31H26BrN3O6/c32-21-11-9-18(10-12-21)28(37)34-33-25(36)16-41-31(40)19-7-4-8-22(13-19)35-29(38)26-20-14-23(17-5-2-1-3-6-17)24(15-20)27(26)30(35)39/h1-13,20,23-24,26-27H,14-16H2,(H,33,36)(H,34,37)/t20-,23-,24+,26+,27+/m0/s1. The van der Waals surface area contributed by atoms with Gasteiger partial charge in [-0.25, -0.2) is 4.79 Å². The number of ether oxygens (including phenoxy) is 1. The number of imide groups is 1. The molecule has 2 N–H and O–H groups in total. The van der Waals surface area contributed by atoms with Crippen LogP contribution in [0.2, 0.25) is 0 Å². The van der Waals surface area contributed by atoms with E-state index in [2.05, 4.69) is 38.9 Å². The van der Waals surface area contributed by atoms with E-state index in [1.54, 1.807) is 36.4 Å². The van der Waals surface area contributed by atoms with Crippen molar-refractivity contribution in [1.29, 1.82) is 0 Å². The van der Waals surface area contributed by atoms with Crippen LogP contribution in [0, 0.1) is 23.7 Å². The van der Waals surface area contributed by atoms with E-state index >= 15 is 0 Å². The van der Waals surface area contributed by atoms with Gasteiger partial charge in [0.2, 0.25) is 11.8 Å². The maximum atomic E-state index is 13.6. The summed E-state index contributed by atoms with van der Waals surface area (Å²) >= 11 is 3.28. The van der Waals surface area contributed by atoms with Crippen LogP contribution in [0.5, 0.6) is 0 Å². The number of benzene rings is 3. The normalized spacial score (nSPS) is 24.2. The van der Waals surface area contributed by atoms with Crippen LogP contribution in [0.25, 0.3) is 0 Å². The molecule has 3 aromatic carbocycles. The van der Waals surface area contributed by atoms with Crippen LogP contribution < -0.4 is 15.8 Å². The summed E-state index contributed by atoms with van der Waals surface area (Å²) in [5.41, 5.74) is 6.40. The number of esters is 1. The number of hydrazine groups is 1. The van der Waals surface area contributed by atoms with Crippen molar-refractivity contribution >= 4 is 51.2 Å². The Bertz CT molecular complexity index is 1540. The number of hydrogen-bond donors (Lipinski definition) is 2. The van der Waals surface area contributed by atoms with Crippen molar-refractivity contribution in [2.75, 3.05) is 11.5 Å². The molecule has 41 heavy (non-hydrogen) atoms. The van der Waals surface area contributed by atoms with Gasteiger partial charge in [-0.3, -0.25) is 34.9 Å². The number of anilines is 1. The molecule has 2 aliphatic carbocycles. The molecular formula is C31H26BrN3O6. The largest absolute Gasteiger partial charge is 0.452 e. The van der Waals surface area contributed by atoms with Crippen molar-refractivity contribution in [3.05, 3.63) is 100 Å². The van der Waals surface area contributed by atoms with E-state index in [1.807, 2.05) is 18.2 Å². The highest BCUT2D eigenvalue weighted by molar-refractivity contribution is 9.10. The lowest BCUT2D eigenvalue weighted by molar-refractivity contribution is -0.125. The van der Waals surface area contributed by atoms with Crippen LogP contribution in [0.15, 0.2) is 83.3 Å². The minimum absolute atomic E-state index is 0.0944. The second-order valence-electron chi connectivity index (χ2n) is 10.6. The highest BCUT2D eigenvalue weighted by atomic mass is 79.9. The Hall–Kier alpha value is -4.31. The fourth-order valence-electron chi connectivity index (χ4n) is 6.62. The lowest BCUT2D eigenvalue weighted by Gasteiger charge is -2.28. The molecule has 3 fully saturated rings. The van der Waals surface area contributed by atoms with E-state index in [9.17, 15) is 24.0 Å². The van der Waals surface area contributed by atoms with Gasteiger partial charge in [0.25, 0.3) is 11.8 Å². The molecule has 1 saturated heterocycles. The maximum Gasteiger partial charge on any atom is 0.338 e. The molecule has 0 radical (unpaired) electrons. The molecule has 208 valence electrons. The average molecular weight is 616 g/mol. The molecule has 0 unspecified atom stereocenters. The van der Waals surface area contributed by atoms with E-state index in [1.165, 1.54) is 22.6 Å². The lowest BCUT2D eigenvalue weighted by Crippen LogP contribution is -2.43. The Morgan fingerprint density at radius 1 is 0.829 bits per heavy atom. The Labute approximate surface area is 244 Å². The van der Waals surface area contributed by atoms with E-state index < -0.39 is 24.4 Å². The first kappa shape index (κ1) is 26.9. The summed E-state index contributed by atoms with van der Waals surface area (Å²) in [4.78, 5) is 65.3. The second-order valence-corrected chi connectivity index (χ2v) is 11.5. The number of halogens is 1. The average Bonchev–Trinajstić information content (AvgIpc) is 3.66. The SMILES string of the molecule is O=C(COC(=O)c1cccc(N2C(=O)[C@@H]3[C@@H]4C[C@@H]([C@H]3C2=O)[C@H](c2ccccc2)C4)c1)NNC(=O)c1ccc(Br)cc1.